The predicted molar refractivity (Wildman–Crippen MR) is 111 cm³/mol. The molecule has 0 bridgehead atoms. The Balaban J connectivity index is 1.90. The Kier molecular flexibility index (Phi) is 6.14. The fourth-order valence-corrected chi connectivity index (χ4v) is 4.53. The topological polar surface area (TPSA) is 92.8 Å². The van der Waals surface area contributed by atoms with Gasteiger partial charge in [0.2, 0.25) is 5.91 Å². The van der Waals surface area contributed by atoms with E-state index in [1.165, 1.54) is 31.2 Å². The molecule has 1 aliphatic heterocycles. The molecule has 1 heterocycles. The predicted octanol–water partition coefficient (Wildman–Crippen LogP) is 3.62. The van der Waals surface area contributed by atoms with Crippen LogP contribution in [-0.2, 0) is 26.0 Å². The molecule has 0 unspecified atom stereocenters. The molecule has 7 nitrogen and oxygen atoms in total. The Labute approximate surface area is 174 Å². The number of sulfonamides is 1. The number of nitrogens with one attached hydrogen (secondary N) is 1. The van der Waals surface area contributed by atoms with Gasteiger partial charge in [-0.3, -0.25) is 9.52 Å². The van der Waals surface area contributed by atoms with Gasteiger partial charge in [0.25, 0.3) is 10.0 Å². The molecule has 2 aromatic rings. The molecule has 29 heavy (non-hydrogen) atoms. The van der Waals surface area contributed by atoms with E-state index in [9.17, 15) is 18.0 Å². The third-order valence-corrected chi connectivity index (χ3v) is 6.28. The maximum absolute atomic E-state index is 12.9. The molecular weight excluding hydrogens is 416 g/mol. The van der Waals surface area contributed by atoms with Gasteiger partial charge in [-0.05, 0) is 61.7 Å². The molecule has 0 saturated carbocycles. The molecule has 0 radical (unpaired) electrons. The fraction of sp³-hybridized carbons (Fsp3) is 0.300. The van der Waals surface area contributed by atoms with Crippen molar-refractivity contribution in [2.75, 3.05) is 22.8 Å². The second-order valence-corrected chi connectivity index (χ2v) is 8.67. The summed E-state index contributed by atoms with van der Waals surface area (Å²) in [6.07, 6.45) is 1.46. The molecule has 0 atom stereocenters. The van der Waals surface area contributed by atoms with Crippen molar-refractivity contribution in [3.05, 3.63) is 52.5 Å². The molecule has 2 aromatic carbocycles. The average Bonchev–Trinajstić information content (AvgIpc) is 2.68. The van der Waals surface area contributed by atoms with Crippen LogP contribution in [0.25, 0.3) is 0 Å². The summed E-state index contributed by atoms with van der Waals surface area (Å²) in [7, 11) is -3.90. The van der Waals surface area contributed by atoms with Crippen LogP contribution < -0.4 is 9.62 Å². The van der Waals surface area contributed by atoms with Gasteiger partial charge in [-0.15, -0.1) is 0 Å². The number of benzene rings is 2. The smallest absolute Gasteiger partial charge is 0.339 e. The molecular formula is C20H21ClN2O5S. The van der Waals surface area contributed by atoms with Gasteiger partial charge in [0.15, 0.2) is 0 Å². The SMILES string of the molecule is CCOC(=O)c1cc(NS(=O)(=O)c2ccc3c(c2)CCCN3C(C)=O)ccc1Cl. The minimum absolute atomic E-state index is 0.0765. The lowest BCUT2D eigenvalue weighted by atomic mass is 10.0. The monoisotopic (exact) mass is 436 g/mol. The van der Waals surface area contributed by atoms with Crippen LogP contribution in [0.2, 0.25) is 5.02 Å². The third kappa shape index (κ3) is 4.54. The van der Waals surface area contributed by atoms with E-state index in [2.05, 4.69) is 4.72 Å². The fourth-order valence-electron chi connectivity index (χ4n) is 3.24. The van der Waals surface area contributed by atoms with Gasteiger partial charge in [0.1, 0.15) is 0 Å². The number of fused-ring (bicyclic) bond motifs is 1. The molecule has 0 saturated heterocycles. The van der Waals surface area contributed by atoms with Crippen LogP contribution in [0.5, 0.6) is 0 Å². The molecule has 9 heteroatoms. The van der Waals surface area contributed by atoms with Crippen LogP contribution in [0.15, 0.2) is 41.3 Å². The van der Waals surface area contributed by atoms with Crippen molar-refractivity contribution in [3.8, 4) is 0 Å². The highest BCUT2D eigenvalue weighted by Crippen LogP contribution is 2.30. The van der Waals surface area contributed by atoms with E-state index in [1.807, 2.05) is 0 Å². The zero-order valence-electron chi connectivity index (χ0n) is 16.1. The van der Waals surface area contributed by atoms with Crippen LogP contribution in [0.1, 0.15) is 36.2 Å². The summed E-state index contributed by atoms with van der Waals surface area (Å²) in [4.78, 5) is 25.5. The van der Waals surface area contributed by atoms with Crippen LogP contribution in [0.4, 0.5) is 11.4 Å². The van der Waals surface area contributed by atoms with Crippen molar-refractivity contribution < 1.29 is 22.7 Å². The van der Waals surface area contributed by atoms with E-state index in [4.69, 9.17) is 16.3 Å². The van der Waals surface area contributed by atoms with Crippen molar-refractivity contribution in [1.82, 2.24) is 0 Å². The van der Waals surface area contributed by atoms with E-state index in [0.29, 0.717) is 13.0 Å². The highest BCUT2D eigenvalue weighted by molar-refractivity contribution is 7.92. The molecule has 3 rings (SSSR count). The highest BCUT2D eigenvalue weighted by Gasteiger charge is 2.23. The summed E-state index contributed by atoms with van der Waals surface area (Å²) in [6.45, 7) is 3.95. The van der Waals surface area contributed by atoms with E-state index >= 15 is 0 Å². The second-order valence-electron chi connectivity index (χ2n) is 6.59. The molecule has 0 fully saturated rings. The van der Waals surface area contributed by atoms with Gasteiger partial charge >= 0.3 is 5.97 Å². The minimum Gasteiger partial charge on any atom is -0.462 e. The second kappa shape index (κ2) is 8.42. The van der Waals surface area contributed by atoms with Crippen LogP contribution in [-0.4, -0.2) is 33.4 Å². The van der Waals surface area contributed by atoms with Gasteiger partial charge in [-0.25, -0.2) is 13.2 Å². The van der Waals surface area contributed by atoms with Gasteiger partial charge in [0, 0.05) is 24.8 Å². The summed E-state index contributed by atoms with van der Waals surface area (Å²) < 4.78 is 33.1. The number of rotatable bonds is 5. The van der Waals surface area contributed by atoms with Crippen molar-refractivity contribution in [2.24, 2.45) is 0 Å². The molecule has 0 aromatic heterocycles. The standard InChI is InChI=1S/C20H21ClN2O5S/c1-3-28-20(25)17-12-15(6-8-18(17)21)22-29(26,27)16-7-9-19-14(11-16)5-4-10-23(19)13(2)24/h6-9,11-12,22H,3-5,10H2,1-2H3. The zero-order valence-corrected chi connectivity index (χ0v) is 17.6. The number of hydrogen-bond acceptors (Lipinski definition) is 5. The van der Waals surface area contributed by atoms with Crippen LogP contribution >= 0.6 is 11.6 Å². The van der Waals surface area contributed by atoms with E-state index in [0.717, 1.165) is 17.7 Å². The lowest BCUT2D eigenvalue weighted by Crippen LogP contribution is -2.33. The first-order chi connectivity index (χ1) is 13.7. The summed E-state index contributed by atoms with van der Waals surface area (Å²) in [5, 5.41) is 0.171. The number of carbonyl (C=O) groups is 2. The number of carbonyl (C=O) groups excluding carboxylic acids is 2. The number of hydrogen-bond donors (Lipinski definition) is 1. The van der Waals surface area contributed by atoms with E-state index in [1.54, 1.807) is 24.0 Å². The first-order valence-electron chi connectivity index (χ1n) is 9.13. The molecule has 1 N–H and O–H groups in total. The maximum atomic E-state index is 12.9. The lowest BCUT2D eigenvalue weighted by molar-refractivity contribution is -0.116. The highest BCUT2D eigenvalue weighted by atomic mass is 35.5. The number of aryl methyl sites for hydroxylation is 1. The third-order valence-electron chi connectivity index (χ3n) is 4.57. The van der Waals surface area contributed by atoms with Gasteiger partial charge in [0.05, 0.1) is 22.1 Å². The molecule has 154 valence electrons. The number of nitrogens with zero attached hydrogens (tertiary/aromatic N) is 1. The molecule has 0 aliphatic carbocycles. The normalized spacial score (nSPS) is 13.6. The number of halogens is 1. The zero-order chi connectivity index (χ0) is 21.2. The van der Waals surface area contributed by atoms with E-state index in [-0.39, 0.29) is 33.7 Å². The van der Waals surface area contributed by atoms with E-state index < -0.39 is 16.0 Å². The summed E-state index contributed by atoms with van der Waals surface area (Å²) in [5.74, 6) is -0.705. The van der Waals surface area contributed by atoms with Gasteiger partial charge in [-0.2, -0.15) is 0 Å². The quantitative estimate of drug-likeness (QED) is 0.722. The summed E-state index contributed by atoms with van der Waals surface area (Å²) in [6, 6.07) is 8.94. The molecule has 1 amide bonds. The first kappa shape index (κ1) is 21.1. The average molecular weight is 437 g/mol. The van der Waals surface area contributed by atoms with Crippen molar-refractivity contribution in [3.63, 3.8) is 0 Å². The molecule has 1 aliphatic rings. The maximum Gasteiger partial charge on any atom is 0.339 e. The minimum atomic E-state index is -3.90. The van der Waals surface area contributed by atoms with Crippen LogP contribution in [0, 0.1) is 0 Å². The van der Waals surface area contributed by atoms with Crippen LogP contribution in [0.3, 0.4) is 0 Å². The van der Waals surface area contributed by atoms with Gasteiger partial charge < -0.3 is 9.64 Å². The largest absolute Gasteiger partial charge is 0.462 e. The number of ether oxygens (including phenoxy) is 1. The lowest BCUT2D eigenvalue weighted by Gasteiger charge is -2.28. The van der Waals surface area contributed by atoms with Crippen molar-refractivity contribution >= 4 is 44.9 Å². The summed E-state index contributed by atoms with van der Waals surface area (Å²) in [5.41, 5.74) is 1.81. The number of amides is 1. The first-order valence-corrected chi connectivity index (χ1v) is 11.0. The molecule has 0 spiro atoms. The van der Waals surface area contributed by atoms with Gasteiger partial charge in [-0.1, -0.05) is 11.6 Å². The number of anilines is 2. The Hall–Kier alpha value is -2.58. The Bertz CT molecular complexity index is 1070. The Morgan fingerprint density at radius 3 is 2.66 bits per heavy atom. The Morgan fingerprint density at radius 2 is 1.97 bits per heavy atom. The van der Waals surface area contributed by atoms with Crippen molar-refractivity contribution in [2.45, 2.75) is 31.6 Å². The summed E-state index contributed by atoms with van der Waals surface area (Å²) >= 11 is 6.02. The Morgan fingerprint density at radius 1 is 1.21 bits per heavy atom. The van der Waals surface area contributed by atoms with Crippen molar-refractivity contribution in [1.29, 1.82) is 0 Å². The number of esters is 1.